The number of pyridine rings is 1. The predicted molar refractivity (Wildman–Crippen MR) is 71.3 cm³/mol. The highest BCUT2D eigenvalue weighted by Crippen LogP contribution is 2.32. The van der Waals surface area contributed by atoms with Crippen molar-refractivity contribution in [2.75, 3.05) is 6.61 Å². The van der Waals surface area contributed by atoms with Crippen LogP contribution in [0.25, 0.3) is 10.9 Å². The molecule has 1 heterocycles. The molecule has 0 amide bonds. The van der Waals surface area contributed by atoms with E-state index in [1.54, 1.807) is 0 Å². The van der Waals surface area contributed by atoms with Crippen molar-refractivity contribution in [3.05, 3.63) is 29.4 Å². The van der Waals surface area contributed by atoms with Gasteiger partial charge in [-0.05, 0) is 24.3 Å². The summed E-state index contributed by atoms with van der Waals surface area (Å²) in [5.74, 6) is 0.00636. The van der Waals surface area contributed by atoms with Crippen molar-refractivity contribution < 1.29 is 21.9 Å². The van der Waals surface area contributed by atoms with Crippen LogP contribution in [0.5, 0.6) is 5.75 Å². The van der Waals surface area contributed by atoms with Gasteiger partial charge in [-0.3, -0.25) is 0 Å². The molecule has 0 bridgehead atoms. The molecule has 1 aromatic heterocycles. The Kier molecular flexibility index (Phi) is 4.31. The summed E-state index contributed by atoms with van der Waals surface area (Å²) in [4.78, 5) is 3.71. The molecule has 0 saturated heterocycles. The number of alkyl halides is 2. The molecule has 1 aromatic carbocycles. The third kappa shape index (κ3) is 3.28. The number of hydrogen-bond acceptors (Lipinski definition) is 4. The predicted octanol–water partition coefficient (Wildman–Crippen LogP) is 3.46. The van der Waals surface area contributed by atoms with Gasteiger partial charge in [0.25, 0.3) is 15.5 Å². The maximum atomic E-state index is 12.2. The molecule has 0 aliphatic carbocycles. The number of fused-ring (bicyclic) bond motifs is 1. The van der Waals surface area contributed by atoms with E-state index in [1.807, 2.05) is 0 Å². The summed E-state index contributed by atoms with van der Waals surface area (Å²) >= 11 is 5.72. The number of ether oxygens (including phenoxy) is 1. The first-order valence-corrected chi connectivity index (χ1v) is 7.92. The van der Waals surface area contributed by atoms with Gasteiger partial charge in [-0.1, -0.05) is 11.6 Å². The van der Waals surface area contributed by atoms with E-state index in [0.717, 1.165) is 0 Å². The summed E-state index contributed by atoms with van der Waals surface area (Å²) < 4.78 is 52.2. The Morgan fingerprint density at radius 3 is 2.55 bits per heavy atom. The van der Waals surface area contributed by atoms with Crippen molar-refractivity contribution in [1.29, 1.82) is 0 Å². The van der Waals surface area contributed by atoms with Crippen LogP contribution in [0, 0.1) is 0 Å². The number of nitrogens with zero attached hydrogens (tertiary/aromatic N) is 1. The smallest absolute Gasteiger partial charge is 0.272 e. The lowest BCUT2D eigenvalue weighted by Gasteiger charge is -2.10. The second kappa shape index (κ2) is 5.67. The van der Waals surface area contributed by atoms with Crippen LogP contribution in [-0.4, -0.2) is 26.4 Å². The van der Waals surface area contributed by atoms with E-state index in [1.165, 1.54) is 24.3 Å². The second-order valence-corrected chi connectivity index (χ2v) is 6.65. The first-order valence-electron chi connectivity index (χ1n) is 5.24. The lowest BCUT2D eigenvalue weighted by atomic mass is 10.2. The molecule has 108 valence electrons. The van der Waals surface area contributed by atoms with Gasteiger partial charge in [-0.15, -0.1) is 0 Å². The van der Waals surface area contributed by atoms with Gasteiger partial charge in [0.1, 0.15) is 23.0 Å². The number of halogens is 4. The Morgan fingerprint density at radius 1 is 1.25 bits per heavy atom. The van der Waals surface area contributed by atoms with Crippen LogP contribution >= 0.6 is 22.3 Å². The normalized spacial score (nSPS) is 12.1. The van der Waals surface area contributed by atoms with Gasteiger partial charge in [-0.2, -0.15) is 0 Å². The van der Waals surface area contributed by atoms with E-state index in [-0.39, 0.29) is 26.7 Å². The highest BCUT2D eigenvalue weighted by molar-refractivity contribution is 8.14. The van der Waals surface area contributed by atoms with Crippen LogP contribution in [0.15, 0.2) is 29.2 Å². The van der Waals surface area contributed by atoms with Crippen molar-refractivity contribution >= 4 is 42.2 Å². The van der Waals surface area contributed by atoms with E-state index in [0.29, 0.717) is 0 Å². The molecular weight excluding hydrogens is 335 g/mol. The van der Waals surface area contributed by atoms with E-state index < -0.39 is 22.1 Å². The van der Waals surface area contributed by atoms with Crippen LogP contribution in [-0.2, 0) is 9.05 Å². The van der Waals surface area contributed by atoms with E-state index >= 15 is 0 Å². The molecule has 20 heavy (non-hydrogen) atoms. The Labute approximate surface area is 122 Å². The van der Waals surface area contributed by atoms with Crippen LogP contribution < -0.4 is 4.74 Å². The molecule has 0 N–H and O–H groups in total. The molecule has 2 rings (SSSR count). The molecule has 0 atom stereocenters. The highest BCUT2D eigenvalue weighted by atomic mass is 35.7. The lowest BCUT2D eigenvalue weighted by molar-refractivity contribution is 0.0825. The summed E-state index contributed by atoms with van der Waals surface area (Å²) in [5, 5.41) is 0.222. The Bertz CT molecular complexity index is 753. The number of rotatable bonds is 4. The van der Waals surface area contributed by atoms with Gasteiger partial charge in [0.15, 0.2) is 0 Å². The van der Waals surface area contributed by atoms with Crippen LogP contribution in [0.1, 0.15) is 0 Å². The molecule has 0 unspecified atom stereocenters. The minimum Gasteiger partial charge on any atom is -0.485 e. The van der Waals surface area contributed by atoms with E-state index in [4.69, 9.17) is 27.0 Å². The summed E-state index contributed by atoms with van der Waals surface area (Å²) in [6.45, 7) is -0.837. The van der Waals surface area contributed by atoms with E-state index in [9.17, 15) is 17.2 Å². The highest BCUT2D eigenvalue weighted by Gasteiger charge is 2.18. The van der Waals surface area contributed by atoms with E-state index in [2.05, 4.69) is 4.98 Å². The van der Waals surface area contributed by atoms with Crippen molar-refractivity contribution in [1.82, 2.24) is 4.98 Å². The van der Waals surface area contributed by atoms with Crippen molar-refractivity contribution in [3.63, 3.8) is 0 Å². The number of hydrogen-bond donors (Lipinski definition) is 0. The molecular formula is C11H7Cl2F2NO3S. The largest absolute Gasteiger partial charge is 0.485 e. The standard InChI is InChI=1S/C11H7Cl2F2NO3S/c12-9-4-1-6-8(20(13,17)18)3-2-7(11(6)16-9)19-5-10(14)15/h1-4,10H,5H2. The molecule has 0 aliphatic heterocycles. The number of benzene rings is 1. The molecule has 0 radical (unpaired) electrons. The lowest BCUT2D eigenvalue weighted by Crippen LogP contribution is -2.08. The maximum absolute atomic E-state index is 12.2. The molecule has 0 fully saturated rings. The fourth-order valence-electron chi connectivity index (χ4n) is 1.62. The van der Waals surface area contributed by atoms with Crippen LogP contribution in [0.2, 0.25) is 5.15 Å². The quantitative estimate of drug-likeness (QED) is 0.631. The van der Waals surface area contributed by atoms with Gasteiger partial charge in [0.2, 0.25) is 0 Å². The zero-order chi connectivity index (χ0) is 14.9. The monoisotopic (exact) mass is 341 g/mol. The minimum absolute atomic E-state index is 0.00636. The summed E-state index contributed by atoms with van der Waals surface area (Å²) in [6, 6.07) is 5.13. The Hall–Kier alpha value is -1.18. The van der Waals surface area contributed by atoms with Crippen LogP contribution in [0.4, 0.5) is 8.78 Å². The minimum atomic E-state index is -4.00. The zero-order valence-electron chi connectivity index (χ0n) is 9.69. The van der Waals surface area contributed by atoms with Gasteiger partial charge in [-0.25, -0.2) is 22.2 Å². The first kappa shape index (κ1) is 15.2. The first-order chi connectivity index (χ1) is 9.29. The summed E-state index contributed by atoms with van der Waals surface area (Å²) in [5.41, 5.74) is 0.0554. The molecule has 0 aliphatic rings. The van der Waals surface area contributed by atoms with Crippen LogP contribution in [0.3, 0.4) is 0 Å². The van der Waals surface area contributed by atoms with Crippen molar-refractivity contribution in [3.8, 4) is 5.75 Å². The van der Waals surface area contributed by atoms with Crippen molar-refractivity contribution in [2.24, 2.45) is 0 Å². The molecule has 2 aromatic rings. The Morgan fingerprint density at radius 2 is 1.95 bits per heavy atom. The average molecular weight is 342 g/mol. The maximum Gasteiger partial charge on any atom is 0.272 e. The third-order valence-corrected chi connectivity index (χ3v) is 3.96. The van der Waals surface area contributed by atoms with Gasteiger partial charge >= 0.3 is 0 Å². The fourth-order valence-corrected chi connectivity index (χ4v) is 2.83. The topological polar surface area (TPSA) is 56.3 Å². The van der Waals surface area contributed by atoms with Gasteiger partial charge < -0.3 is 4.74 Å². The SMILES string of the molecule is O=S(=O)(Cl)c1ccc(OCC(F)F)c2nc(Cl)ccc12. The average Bonchev–Trinajstić information content (AvgIpc) is 2.34. The Balaban J connectivity index is 2.65. The third-order valence-electron chi connectivity index (χ3n) is 2.37. The molecule has 9 heteroatoms. The molecule has 0 spiro atoms. The summed E-state index contributed by atoms with van der Waals surface area (Å²) in [7, 11) is 1.30. The molecule has 4 nitrogen and oxygen atoms in total. The fraction of sp³-hybridized carbons (Fsp3) is 0.182. The van der Waals surface area contributed by atoms with Gasteiger partial charge in [0.05, 0.1) is 4.90 Å². The van der Waals surface area contributed by atoms with Gasteiger partial charge in [0, 0.05) is 16.1 Å². The van der Waals surface area contributed by atoms with Crippen molar-refractivity contribution in [2.45, 2.75) is 11.3 Å². The molecule has 0 saturated carbocycles. The number of aromatic nitrogens is 1. The zero-order valence-corrected chi connectivity index (χ0v) is 12.0. The second-order valence-electron chi connectivity index (χ2n) is 3.73. The summed E-state index contributed by atoms with van der Waals surface area (Å²) in [6.07, 6.45) is -2.67.